The fourth-order valence-corrected chi connectivity index (χ4v) is 2.54. The maximum atomic E-state index is 11.8. The molecule has 0 aliphatic carbocycles. The van der Waals surface area contributed by atoms with Gasteiger partial charge in [-0.1, -0.05) is 0 Å². The number of carboxylic acid groups (broad SMARTS) is 1. The summed E-state index contributed by atoms with van der Waals surface area (Å²) >= 11 is 0. The molecule has 0 saturated heterocycles. The molecule has 0 spiro atoms. The third-order valence-corrected chi connectivity index (χ3v) is 3.81. The summed E-state index contributed by atoms with van der Waals surface area (Å²) in [6.07, 6.45) is 0. The molecule has 0 atom stereocenters. The van der Waals surface area contributed by atoms with E-state index < -0.39 is 16.0 Å². The summed E-state index contributed by atoms with van der Waals surface area (Å²) in [6, 6.07) is 2.45. The highest BCUT2D eigenvalue weighted by Crippen LogP contribution is 2.33. The number of ether oxygens (including phenoxy) is 3. The minimum atomic E-state index is -3.73. The Morgan fingerprint density at radius 2 is 1.76 bits per heavy atom. The predicted molar refractivity (Wildman–Crippen MR) is 75.8 cm³/mol. The van der Waals surface area contributed by atoms with Crippen LogP contribution in [-0.2, 0) is 14.8 Å². The number of benzene rings is 1. The zero-order chi connectivity index (χ0) is 16.0. The lowest BCUT2D eigenvalue weighted by Gasteiger charge is -2.14. The fraction of sp³-hybridized carbons (Fsp3) is 0.417. The lowest BCUT2D eigenvalue weighted by Crippen LogP contribution is -2.21. The Kier molecular flexibility index (Phi) is 5.79. The lowest BCUT2D eigenvalue weighted by atomic mass is 10.1. The molecule has 21 heavy (non-hydrogen) atoms. The van der Waals surface area contributed by atoms with E-state index in [4.69, 9.17) is 19.3 Å². The van der Waals surface area contributed by atoms with Crippen LogP contribution < -0.4 is 14.2 Å². The van der Waals surface area contributed by atoms with Crippen LogP contribution in [-0.4, -0.2) is 53.2 Å². The van der Waals surface area contributed by atoms with E-state index in [1.54, 1.807) is 0 Å². The summed E-state index contributed by atoms with van der Waals surface area (Å²) in [4.78, 5) is 11.2. The molecule has 1 rings (SSSR count). The molecular formula is C12H17NO7S. The van der Waals surface area contributed by atoms with E-state index in [9.17, 15) is 13.2 Å². The molecule has 0 heterocycles. The SMILES string of the molecule is COCCS(=O)(=O)Nc1cc(OC)c(OC)cc1C(=O)O. The summed E-state index contributed by atoms with van der Waals surface area (Å²) in [5.74, 6) is -1.18. The first-order valence-electron chi connectivity index (χ1n) is 5.83. The van der Waals surface area contributed by atoms with Gasteiger partial charge in [-0.05, 0) is 0 Å². The number of hydrogen-bond donors (Lipinski definition) is 2. The van der Waals surface area contributed by atoms with Crippen LogP contribution in [0.3, 0.4) is 0 Å². The van der Waals surface area contributed by atoms with Gasteiger partial charge in [0.15, 0.2) is 11.5 Å². The van der Waals surface area contributed by atoms with Gasteiger partial charge < -0.3 is 19.3 Å². The Labute approximate surface area is 122 Å². The highest BCUT2D eigenvalue weighted by Gasteiger charge is 2.20. The predicted octanol–water partition coefficient (Wildman–Crippen LogP) is 0.790. The molecule has 2 N–H and O–H groups in total. The van der Waals surface area contributed by atoms with Gasteiger partial charge in [0.05, 0.1) is 37.8 Å². The van der Waals surface area contributed by atoms with Crippen LogP contribution in [0.1, 0.15) is 10.4 Å². The van der Waals surface area contributed by atoms with E-state index in [0.29, 0.717) is 0 Å². The molecule has 9 heteroatoms. The monoisotopic (exact) mass is 319 g/mol. The van der Waals surface area contributed by atoms with Crippen molar-refractivity contribution in [3.05, 3.63) is 17.7 Å². The van der Waals surface area contributed by atoms with Crippen molar-refractivity contribution in [1.82, 2.24) is 0 Å². The quantitative estimate of drug-likeness (QED) is 0.728. The van der Waals surface area contributed by atoms with Crippen molar-refractivity contribution in [2.75, 3.05) is 38.4 Å². The highest BCUT2D eigenvalue weighted by atomic mass is 32.2. The van der Waals surface area contributed by atoms with E-state index in [2.05, 4.69) is 4.72 Å². The van der Waals surface area contributed by atoms with Crippen molar-refractivity contribution in [2.24, 2.45) is 0 Å². The molecule has 0 bridgehead atoms. The van der Waals surface area contributed by atoms with Crippen molar-refractivity contribution in [2.45, 2.75) is 0 Å². The third-order valence-electron chi connectivity index (χ3n) is 2.58. The standard InChI is InChI=1S/C12H17NO7S/c1-18-4-5-21(16,17)13-9-7-11(20-3)10(19-2)6-8(9)12(14)15/h6-7,13H,4-5H2,1-3H3,(H,14,15). The van der Waals surface area contributed by atoms with Crippen LogP contribution >= 0.6 is 0 Å². The molecule has 0 saturated carbocycles. The molecule has 118 valence electrons. The summed E-state index contributed by atoms with van der Waals surface area (Å²) in [5.41, 5.74) is -0.343. The number of nitrogens with one attached hydrogen (secondary N) is 1. The second-order valence-corrected chi connectivity index (χ2v) is 5.81. The minimum absolute atomic E-state index is 0.00890. The third kappa shape index (κ3) is 4.50. The van der Waals surface area contributed by atoms with Gasteiger partial charge in [0.25, 0.3) is 0 Å². The smallest absolute Gasteiger partial charge is 0.337 e. The summed E-state index contributed by atoms with van der Waals surface area (Å²) in [6.45, 7) is -0.00890. The Morgan fingerprint density at radius 1 is 1.19 bits per heavy atom. The van der Waals surface area contributed by atoms with Gasteiger partial charge in [0, 0.05) is 19.2 Å². The molecule has 0 fully saturated rings. The highest BCUT2D eigenvalue weighted by molar-refractivity contribution is 7.92. The summed E-state index contributed by atoms with van der Waals surface area (Å²) in [7, 11) is 0.353. The first kappa shape index (κ1) is 17.1. The van der Waals surface area contributed by atoms with Crippen LogP contribution in [0.4, 0.5) is 5.69 Å². The zero-order valence-corrected chi connectivity index (χ0v) is 12.7. The van der Waals surface area contributed by atoms with Gasteiger partial charge in [0.1, 0.15) is 0 Å². The van der Waals surface area contributed by atoms with Gasteiger partial charge >= 0.3 is 5.97 Å². The summed E-state index contributed by atoms with van der Waals surface area (Å²) in [5, 5.41) is 9.17. The van der Waals surface area contributed by atoms with Crippen molar-refractivity contribution >= 4 is 21.7 Å². The first-order chi connectivity index (χ1) is 9.84. The van der Waals surface area contributed by atoms with Crippen molar-refractivity contribution in [1.29, 1.82) is 0 Å². The van der Waals surface area contributed by atoms with Gasteiger partial charge in [-0.25, -0.2) is 13.2 Å². The first-order valence-corrected chi connectivity index (χ1v) is 7.48. The van der Waals surface area contributed by atoms with Crippen molar-refractivity contribution < 1.29 is 32.5 Å². The molecule has 0 amide bonds. The van der Waals surface area contributed by atoms with E-state index in [-0.39, 0.29) is 35.1 Å². The number of aromatic carboxylic acids is 1. The van der Waals surface area contributed by atoms with E-state index in [1.807, 2.05) is 0 Å². The molecular weight excluding hydrogens is 302 g/mol. The molecule has 0 radical (unpaired) electrons. The number of sulfonamides is 1. The normalized spacial score (nSPS) is 11.0. The van der Waals surface area contributed by atoms with Gasteiger partial charge in [0.2, 0.25) is 10.0 Å². The maximum absolute atomic E-state index is 11.8. The molecule has 1 aromatic rings. The molecule has 0 aliphatic heterocycles. The van der Waals surface area contributed by atoms with Gasteiger partial charge in [-0.3, -0.25) is 4.72 Å². The lowest BCUT2D eigenvalue weighted by molar-refractivity contribution is 0.0697. The molecule has 0 aromatic heterocycles. The number of carboxylic acids is 1. The number of anilines is 1. The number of hydrogen-bond acceptors (Lipinski definition) is 6. The Morgan fingerprint density at radius 3 is 2.24 bits per heavy atom. The Balaban J connectivity index is 3.24. The Bertz CT molecular complexity index is 612. The Hall–Kier alpha value is -2.00. The maximum Gasteiger partial charge on any atom is 0.337 e. The largest absolute Gasteiger partial charge is 0.493 e. The number of rotatable bonds is 8. The van der Waals surface area contributed by atoms with Crippen LogP contribution in [0.25, 0.3) is 0 Å². The van der Waals surface area contributed by atoms with Crippen molar-refractivity contribution in [3.63, 3.8) is 0 Å². The zero-order valence-electron chi connectivity index (χ0n) is 11.9. The fourth-order valence-electron chi connectivity index (χ4n) is 1.55. The number of methoxy groups -OCH3 is 3. The second kappa shape index (κ2) is 7.14. The van der Waals surface area contributed by atoms with Crippen LogP contribution in [0.2, 0.25) is 0 Å². The second-order valence-electron chi connectivity index (χ2n) is 3.97. The average molecular weight is 319 g/mol. The van der Waals surface area contributed by atoms with E-state index in [1.165, 1.54) is 33.5 Å². The van der Waals surface area contributed by atoms with Gasteiger partial charge in [-0.2, -0.15) is 0 Å². The number of carbonyl (C=O) groups is 1. The van der Waals surface area contributed by atoms with Gasteiger partial charge in [-0.15, -0.1) is 0 Å². The molecule has 0 unspecified atom stereocenters. The van der Waals surface area contributed by atoms with Crippen molar-refractivity contribution in [3.8, 4) is 11.5 Å². The average Bonchev–Trinajstić information content (AvgIpc) is 2.43. The molecule has 0 aliphatic rings. The molecule has 8 nitrogen and oxygen atoms in total. The topological polar surface area (TPSA) is 111 Å². The summed E-state index contributed by atoms with van der Waals surface area (Å²) < 4.78 is 40.6. The van der Waals surface area contributed by atoms with E-state index >= 15 is 0 Å². The van der Waals surface area contributed by atoms with Crippen LogP contribution in [0, 0.1) is 0 Å². The van der Waals surface area contributed by atoms with Crippen LogP contribution in [0.15, 0.2) is 12.1 Å². The molecule has 1 aromatic carbocycles. The van der Waals surface area contributed by atoms with E-state index in [0.717, 1.165) is 0 Å². The minimum Gasteiger partial charge on any atom is -0.493 e. The van der Waals surface area contributed by atoms with Crippen LogP contribution in [0.5, 0.6) is 11.5 Å².